The molecule has 1 fully saturated rings. The molecule has 0 saturated heterocycles. The summed E-state index contributed by atoms with van der Waals surface area (Å²) in [5.74, 6) is 0.974. The van der Waals surface area contributed by atoms with Gasteiger partial charge in [0.25, 0.3) is 0 Å². The second-order valence-corrected chi connectivity index (χ2v) is 7.46. The number of amides is 1. The Morgan fingerprint density at radius 2 is 2.08 bits per heavy atom. The number of hydrogen-bond donors (Lipinski definition) is 1. The number of carbonyl (C=O) groups excluding carboxylic acids is 1. The molecule has 3 atom stereocenters. The molecule has 1 aromatic carbocycles. The summed E-state index contributed by atoms with van der Waals surface area (Å²) >= 11 is 0. The highest BCUT2D eigenvalue weighted by Crippen LogP contribution is 2.48. The van der Waals surface area contributed by atoms with Crippen molar-refractivity contribution >= 4 is 11.6 Å². The number of aryl methyl sites for hydroxylation is 1. The number of rotatable bonds is 3. The molecule has 2 heterocycles. The number of nitrogens with zero attached hydrogens (tertiary/aromatic N) is 3. The maximum Gasteiger partial charge on any atom is 0.224 e. The summed E-state index contributed by atoms with van der Waals surface area (Å²) in [7, 11) is 0. The number of fused-ring (bicyclic) bond motifs is 1. The Bertz CT molecular complexity index is 808. The minimum absolute atomic E-state index is 0.0441. The van der Waals surface area contributed by atoms with Gasteiger partial charge in [-0.25, -0.2) is 0 Å². The van der Waals surface area contributed by atoms with E-state index in [0.29, 0.717) is 5.92 Å². The summed E-state index contributed by atoms with van der Waals surface area (Å²) in [4.78, 5) is 14.4. The zero-order valence-corrected chi connectivity index (χ0v) is 15.1. The van der Waals surface area contributed by atoms with Crippen molar-refractivity contribution in [3.8, 4) is 11.1 Å². The minimum Gasteiger partial charge on any atom is -0.324 e. The van der Waals surface area contributed by atoms with E-state index in [1.807, 2.05) is 15.8 Å². The lowest BCUT2D eigenvalue weighted by Gasteiger charge is -2.44. The fraction of sp³-hybridized carbons (Fsp3) is 0.500. The van der Waals surface area contributed by atoms with E-state index in [0.717, 1.165) is 28.9 Å². The molecule has 1 saturated carbocycles. The fourth-order valence-corrected chi connectivity index (χ4v) is 4.25. The van der Waals surface area contributed by atoms with Crippen LogP contribution in [0.2, 0.25) is 0 Å². The average Bonchev–Trinajstić information content (AvgIpc) is 3.33. The standard InChI is InChI=1S/C20H26N4O/c1-4-23-11-16(10-22-23)15-7-8-18-17(9-15)19(21)12(2)20(14-5-6-14)24(18)13(3)25/h7-12,14,19-20H,4-6,21H2,1-3H3/t12-,19-,20?/m1/s1. The van der Waals surface area contributed by atoms with Gasteiger partial charge in [0.15, 0.2) is 0 Å². The molecule has 4 rings (SSSR count). The van der Waals surface area contributed by atoms with E-state index in [1.165, 1.54) is 12.8 Å². The Morgan fingerprint density at radius 3 is 2.68 bits per heavy atom. The monoisotopic (exact) mass is 338 g/mol. The Hall–Kier alpha value is -2.14. The molecule has 0 bridgehead atoms. The molecule has 1 aliphatic carbocycles. The normalized spacial score (nSPS) is 25.8. The average molecular weight is 338 g/mol. The first-order chi connectivity index (χ1) is 12.0. The summed E-state index contributed by atoms with van der Waals surface area (Å²) in [5.41, 5.74) is 10.9. The third-order valence-corrected chi connectivity index (χ3v) is 5.78. The highest BCUT2D eigenvalue weighted by Gasteiger charge is 2.46. The van der Waals surface area contributed by atoms with Crippen molar-refractivity contribution in [2.45, 2.75) is 52.2 Å². The van der Waals surface area contributed by atoms with Crippen molar-refractivity contribution < 1.29 is 4.79 Å². The second kappa shape index (κ2) is 5.99. The van der Waals surface area contributed by atoms with E-state index in [-0.39, 0.29) is 23.9 Å². The van der Waals surface area contributed by atoms with Gasteiger partial charge >= 0.3 is 0 Å². The first kappa shape index (κ1) is 16.3. The van der Waals surface area contributed by atoms with Crippen LogP contribution in [0, 0.1) is 11.8 Å². The highest BCUT2D eigenvalue weighted by molar-refractivity contribution is 5.94. The molecular weight excluding hydrogens is 312 g/mol. The lowest BCUT2D eigenvalue weighted by Crippen LogP contribution is -2.51. The van der Waals surface area contributed by atoms with Crippen molar-refractivity contribution in [2.24, 2.45) is 17.6 Å². The molecule has 0 radical (unpaired) electrons. The zero-order chi connectivity index (χ0) is 17.7. The predicted molar refractivity (Wildman–Crippen MR) is 99.1 cm³/mol. The van der Waals surface area contributed by atoms with Crippen LogP contribution >= 0.6 is 0 Å². The summed E-state index contributed by atoms with van der Waals surface area (Å²) in [6.07, 6.45) is 6.35. The lowest BCUT2D eigenvalue weighted by molar-refractivity contribution is -0.117. The van der Waals surface area contributed by atoms with Crippen molar-refractivity contribution in [3.05, 3.63) is 36.2 Å². The number of carbonyl (C=O) groups is 1. The Morgan fingerprint density at radius 1 is 1.32 bits per heavy atom. The van der Waals surface area contributed by atoms with Crippen LogP contribution in [0.1, 0.15) is 45.2 Å². The largest absolute Gasteiger partial charge is 0.324 e. The van der Waals surface area contributed by atoms with E-state index in [1.54, 1.807) is 6.92 Å². The van der Waals surface area contributed by atoms with Crippen LogP contribution in [-0.2, 0) is 11.3 Å². The third kappa shape index (κ3) is 2.67. The van der Waals surface area contributed by atoms with E-state index in [4.69, 9.17) is 5.73 Å². The van der Waals surface area contributed by atoms with E-state index in [2.05, 4.69) is 43.3 Å². The summed E-state index contributed by atoms with van der Waals surface area (Å²) in [5, 5.41) is 4.36. The second-order valence-electron chi connectivity index (χ2n) is 7.46. The predicted octanol–water partition coefficient (Wildman–Crippen LogP) is 3.35. The Kier molecular flexibility index (Phi) is 3.91. The summed E-state index contributed by atoms with van der Waals surface area (Å²) < 4.78 is 1.92. The van der Waals surface area contributed by atoms with Gasteiger partial charge in [-0.1, -0.05) is 13.0 Å². The highest BCUT2D eigenvalue weighted by atomic mass is 16.2. The Labute approximate surface area is 148 Å². The molecule has 1 unspecified atom stereocenters. The molecule has 5 heteroatoms. The molecular formula is C20H26N4O. The zero-order valence-electron chi connectivity index (χ0n) is 15.1. The van der Waals surface area contributed by atoms with Gasteiger partial charge in [-0.3, -0.25) is 9.48 Å². The van der Waals surface area contributed by atoms with Crippen LogP contribution in [0.25, 0.3) is 11.1 Å². The van der Waals surface area contributed by atoms with E-state index < -0.39 is 0 Å². The maximum atomic E-state index is 12.4. The number of aromatic nitrogens is 2. The van der Waals surface area contributed by atoms with Crippen LogP contribution < -0.4 is 10.6 Å². The van der Waals surface area contributed by atoms with Gasteiger partial charge in [0.05, 0.1) is 6.20 Å². The van der Waals surface area contributed by atoms with Crippen LogP contribution in [0.15, 0.2) is 30.6 Å². The molecule has 25 heavy (non-hydrogen) atoms. The third-order valence-electron chi connectivity index (χ3n) is 5.78. The molecule has 1 amide bonds. The first-order valence-corrected chi connectivity index (χ1v) is 9.23. The van der Waals surface area contributed by atoms with Crippen molar-refractivity contribution in [1.29, 1.82) is 0 Å². The van der Waals surface area contributed by atoms with E-state index >= 15 is 0 Å². The van der Waals surface area contributed by atoms with Gasteiger partial charge in [-0.2, -0.15) is 5.10 Å². The van der Waals surface area contributed by atoms with Crippen LogP contribution in [0.5, 0.6) is 0 Å². The number of hydrogen-bond acceptors (Lipinski definition) is 3. The summed E-state index contributed by atoms with van der Waals surface area (Å²) in [6, 6.07) is 6.48. The number of nitrogens with two attached hydrogens (primary N) is 1. The molecule has 1 aromatic heterocycles. The van der Waals surface area contributed by atoms with Gasteiger partial charge in [0.1, 0.15) is 0 Å². The van der Waals surface area contributed by atoms with Crippen LogP contribution in [0.3, 0.4) is 0 Å². The molecule has 5 nitrogen and oxygen atoms in total. The number of anilines is 1. The molecule has 2 aliphatic rings. The fourth-order valence-electron chi connectivity index (χ4n) is 4.25. The lowest BCUT2D eigenvalue weighted by atomic mass is 9.80. The minimum atomic E-state index is -0.0441. The molecule has 2 N–H and O–H groups in total. The van der Waals surface area contributed by atoms with Crippen LogP contribution in [0.4, 0.5) is 5.69 Å². The summed E-state index contributed by atoms with van der Waals surface area (Å²) in [6.45, 7) is 6.78. The maximum absolute atomic E-state index is 12.4. The molecule has 0 spiro atoms. The van der Waals surface area contributed by atoms with Gasteiger partial charge in [0, 0.05) is 43.0 Å². The van der Waals surface area contributed by atoms with Gasteiger partial charge in [0.2, 0.25) is 5.91 Å². The smallest absolute Gasteiger partial charge is 0.224 e. The first-order valence-electron chi connectivity index (χ1n) is 9.23. The van der Waals surface area contributed by atoms with Gasteiger partial charge in [-0.15, -0.1) is 0 Å². The van der Waals surface area contributed by atoms with Crippen molar-refractivity contribution in [2.75, 3.05) is 4.90 Å². The van der Waals surface area contributed by atoms with Crippen molar-refractivity contribution in [3.63, 3.8) is 0 Å². The quantitative estimate of drug-likeness (QED) is 0.933. The molecule has 2 aromatic rings. The van der Waals surface area contributed by atoms with E-state index in [9.17, 15) is 4.79 Å². The Balaban J connectivity index is 1.79. The van der Waals surface area contributed by atoms with Gasteiger partial charge < -0.3 is 10.6 Å². The van der Waals surface area contributed by atoms with Gasteiger partial charge in [-0.05, 0) is 54.9 Å². The topological polar surface area (TPSA) is 64.2 Å². The van der Waals surface area contributed by atoms with Crippen LogP contribution in [-0.4, -0.2) is 21.7 Å². The van der Waals surface area contributed by atoms with Crippen molar-refractivity contribution in [1.82, 2.24) is 9.78 Å². The SMILES string of the molecule is CCn1cc(-c2ccc3c(c2)[C@H](N)[C@@H](C)C(C2CC2)N3C(C)=O)cn1. The molecule has 132 valence electrons. The molecule has 1 aliphatic heterocycles. The number of benzene rings is 1.